The van der Waals surface area contributed by atoms with E-state index in [1.54, 1.807) is 46.6 Å². The van der Waals surface area contributed by atoms with Gasteiger partial charge in [-0.1, -0.05) is 6.07 Å². The van der Waals surface area contributed by atoms with E-state index in [1.165, 1.54) is 18.3 Å². The highest BCUT2D eigenvalue weighted by Crippen LogP contribution is 2.19. The minimum Gasteiger partial charge on any atom is -0.497 e. The number of nitrogens with one attached hydrogen (secondary N) is 2. The van der Waals surface area contributed by atoms with Crippen molar-refractivity contribution in [2.45, 2.75) is 13.3 Å². The van der Waals surface area contributed by atoms with Gasteiger partial charge in [0.1, 0.15) is 5.75 Å². The minimum absolute atomic E-state index is 0.0156. The molecule has 0 atom stereocenters. The monoisotopic (exact) mass is 417 g/mol. The number of benzene rings is 1. The van der Waals surface area contributed by atoms with E-state index < -0.39 is 0 Å². The molecule has 1 saturated heterocycles. The number of thiazole rings is 1. The zero-order valence-electron chi connectivity index (χ0n) is 16.3. The van der Waals surface area contributed by atoms with Crippen molar-refractivity contribution < 1.29 is 19.1 Å². The van der Waals surface area contributed by atoms with E-state index in [4.69, 9.17) is 4.74 Å². The van der Waals surface area contributed by atoms with Gasteiger partial charge < -0.3 is 19.9 Å². The highest BCUT2D eigenvalue weighted by Gasteiger charge is 2.23. The largest absolute Gasteiger partial charge is 0.497 e. The quantitative estimate of drug-likeness (QED) is 0.775. The number of amides is 4. The first-order valence-electron chi connectivity index (χ1n) is 9.14. The number of hydrogen-bond acceptors (Lipinski definition) is 6. The maximum Gasteiger partial charge on any atom is 0.323 e. The van der Waals surface area contributed by atoms with Crippen molar-refractivity contribution in [3.8, 4) is 5.75 Å². The topological polar surface area (TPSA) is 104 Å². The first-order chi connectivity index (χ1) is 13.9. The van der Waals surface area contributed by atoms with Crippen LogP contribution in [0, 0.1) is 0 Å². The zero-order chi connectivity index (χ0) is 20.8. The fourth-order valence-electron chi connectivity index (χ4n) is 2.91. The molecule has 2 aromatic rings. The van der Waals surface area contributed by atoms with Gasteiger partial charge in [-0.3, -0.25) is 14.9 Å². The van der Waals surface area contributed by atoms with Crippen molar-refractivity contribution >= 4 is 40.0 Å². The number of urea groups is 1. The molecule has 2 heterocycles. The van der Waals surface area contributed by atoms with Crippen LogP contribution in [-0.4, -0.2) is 65.9 Å². The lowest BCUT2D eigenvalue weighted by Gasteiger charge is -2.33. The number of nitrogens with zero attached hydrogens (tertiary/aromatic N) is 3. The summed E-state index contributed by atoms with van der Waals surface area (Å²) in [4.78, 5) is 43.6. The highest BCUT2D eigenvalue weighted by atomic mass is 32.1. The molecule has 9 nitrogen and oxygen atoms in total. The maximum absolute atomic E-state index is 12.4. The summed E-state index contributed by atoms with van der Waals surface area (Å²) < 4.78 is 5.14. The molecule has 154 valence electrons. The molecule has 0 radical (unpaired) electrons. The summed E-state index contributed by atoms with van der Waals surface area (Å²) in [6.45, 7) is 3.53. The standard InChI is InChI=1S/C19H23N5O4S/c1-13(25)23-6-8-24(9-7-23)19(27)22-18-21-15(12-29-18)11-17(26)20-14-4-3-5-16(10-14)28-2/h3-5,10,12H,6-9,11H2,1-2H3,(H,20,26)(H,21,22,27). The van der Waals surface area contributed by atoms with Crippen LogP contribution in [0.2, 0.25) is 0 Å². The number of piperazine rings is 1. The van der Waals surface area contributed by atoms with Gasteiger partial charge in [0.25, 0.3) is 0 Å². The van der Waals surface area contributed by atoms with Crippen molar-refractivity contribution in [2.75, 3.05) is 43.9 Å². The molecular formula is C19H23N5O4S. The van der Waals surface area contributed by atoms with Crippen LogP contribution in [0.15, 0.2) is 29.6 Å². The summed E-state index contributed by atoms with van der Waals surface area (Å²) in [6.07, 6.45) is 0.0981. The highest BCUT2D eigenvalue weighted by molar-refractivity contribution is 7.13. The van der Waals surface area contributed by atoms with Crippen molar-refractivity contribution in [2.24, 2.45) is 0 Å². The van der Waals surface area contributed by atoms with Gasteiger partial charge in [0.15, 0.2) is 5.13 Å². The van der Waals surface area contributed by atoms with Crippen LogP contribution in [0.4, 0.5) is 15.6 Å². The third-order valence-electron chi connectivity index (χ3n) is 4.47. The summed E-state index contributed by atoms with van der Waals surface area (Å²) >= 11 is 1.27. The van der Waals surface area contributed by atoms with E-state index in [1.807, 2.05) is 0 Å². The average molecular weight is 417 g/mol. The number of anilines is 2. The lowest BCUT2D eigenvalue weighted by molar-refractivity contribution is -0.130. The second-order valence-corrected chi connectivity index (χ2v) is 7.38. The molecule has 1 aromatic heterocycles. The Morgan fingerprint density at radius 3 is 2.55 bits per heavy atom. The molecule has 0 saturated carbocycles. The van der Waals surface area contributed by atoms with Crippen LogP contribution in [0.25, 0.3) is 0 Å². The minimum atomic E-state index is -0.255. The first kappa shape index (κ1) is 20.6. The van der Waals surface area contributed by atoms with Gasteiger partial charge in [0, 0.05) is 50.2 Å². The first-order valence-corrected chi connectivity index (χ1v) is 10.0. The van der Waals surface area contributed by atoms with Crippen LogP contribution in [0.5, 0.6) is 5.75 Å². The van der Waals surface area contributed by atoms with Crippen LogP contribution in [0.3, 0.4) is 0 Å². The molecule has 0 aliphatic carbocycles. The Kier molecular flexibility index (Phi) is 6.65. The second-order valence-electron chi connectivity index (χ2n) is 6.52. The number of methoxy groups -OCH3 is 1. The smallest absolute Gasteiger partial charge is 0.323 e. The summed E-state index contributed by atoms with van der Waals surface area (Å²) in [5.74, 6) is 0.467. The Labute approximate surface area is 172 Å². The summed E-state index contributed by atoms with van der Waals surface area (Å²) in [7, 11) is 1.56. The normalized spacial score (nSPS) is 13.7. The lowest BCUT2D eigenvalue weighted by Crippen LogP contribution is -2.51. The SMILES string of the molecule is COc1cccc(NC(=O)Cc2csc(NC(=O)N3CCN(C(C)=O)CC3)n2)c1. The molecule has 0 unspecified atom stereocenters. The van der Waals surface area contributed by atoms with Gasteiger partial charge >= 0.3 is 6.03 Å². The summed E-state index contributed by atoms with van der Waals surface area (Å²) in [5, 5.41) is 7.74. The predicted molar refractivity (Wildman–Crippen MR) is 110 cm³/mol. The lowest BCUT2D eigenvalue weighted by atomic mass is 10.2. The molecule has 3 rings (SSSR count). The number of carbonyl (C=O) groups is 3. The number of ether oxygens (including phenoxy) is 1. The molecule has 4 amide bonds. The van der Waals surface area contributed by atoms with Crippen LogP contribution in [0.1, 0.15) is 12.6 Å². The van der Waals surface area contributed by atoms with Crippen LogP contribution >= 0.6 is 11.3 Å². The van der Waals surface area contributed by atoms with E-state index in [9.17, 15) is 14.4 Å². The van der Waals surface area contributed by atoms with E-state index in [0.29, 0.717) is 48.4 Å². The Bertz CT molecular complexity index is 892. The zero-order valence-corrected chi connectivity index (χ0v) is 17.1. The molecular weight excluding hydrogens is 394 g/mol. The van der Waals surface area contributed by atoms with Crippen molar-refractivity contribution in [1.29, 1.82) is 0 Å². The van der Waals surface area contributed by atoms with Gasteiger partial charge in [-0.25, -0.2) is 9.78 Å². The van der Waals surface area contributed by atoms with Crippen molar-refractivity contribution in [3.05, 3.63) is 35.3 Å². The van der Waals surface area contributed by atoms with Gasteiger partial charge in [0.2, 0.25) is 11.8 Å². The molecule has 10 heteroatoms. The van der Waals surface area contributed by atoms with Crippen LogP contribution < -0.4 is 15.4 Å². The number of rotatable bonds is 5. The van der Waals surface area contributed by atoms with Crippen molar-refractivity contribution in [1.82, 2.24) is 14.8 Å². The summed E-state index contributed by atoms with van der Waals surface area (Å²) in [6, 6.07) is 6.84. The third-order valence-corrected chi connectivity index (χ3v) is 5.28. The Hall–Kier alpha value is -3.14. The van der Waals surface area contributed by atoms with E-state index >= 15 is 0 Å². The Morgan fingerprint density at radius 2 is 1.86 bits per heavy atom. The van der Waals surface area contributed by atoms with Gasteiger partial charge in [-0.2, -0.15) is 0 Å². The van der Waals surface area contributed by atoms with Crippen LogP contribution in [-0.2, 0) is 16.0 Å². The number of aromatic nitrogens is 1. The fourth-order valence-corrected chi connectivity index (χ4v) is 3.61. The number of hydrogen-bond donors (Lipinski definition) is 2. The maximum atomic E-state index is 12.4. The third kappa shape index (κ3) is 5.67. The van der Waals surface area contributed by atoms with Gasteiger partial charge in [0.05, 0.1) is 19.2 Å². The molecule has 1 aliphatic heterocycles. The van der Waals surface area contributed by atoms with Crippen molar-refractivity contribution in [3.63, 3.8) is 0 Å². The second kappa shape index (κ2) is 9.37. The Morgan fingerprint density at radius 1 is 1.14 bits per heavy atom. The Balaban J connectivity index is 1.49. The molecule has 2 N–H and O–H groups in total. The average Bonchev–Trinajstić information content (AvgIpc) is 3.14. The van der Waals surface area contributed by atoms with E-state index in [2.05, 4.69) is 15.6 Å². The predicted octanol–water partition coefficient (Wildman–Crippen LogP) is 2.03. The molecule has 29 heavy (non-hydrogen) atoms. The number of carbonyl (C=O) groups excluding carboxylic acids is 3. The molecule has 1 aromatic carbocycles. The summed E-state index contributed by atoms with van der Waals surface area (Å²) in [5.41, 5.74) is 1.22. The molecule has 0 bridgehead atoms. The molecule has 1 fully saturated rings. The van der Waals surface area contributed by atoms with E-state index in [-0.39, 0.29) is 24.3 Å². The molecule has 1 aliphatic rings. The van der Waals surface area contributed by atoms with Gasteiger partial charge in [-0.15, -0.1) is 11.3 Å². The molecule has 0 spiro atoms. The fraction of sp³-hybridized carbons (Fsp3) is 0.368. The van der Waals surface area contributed by atoms with E-state index in [0.717, 1.165) is 0 Å². The van der Waals surface area contributed by atoms with Gasteiger partial charge in [-0.05, 0) is 12.1 Å².